The van der Waals surface area contributed by atoms with Crippen LogP contribution in [0.3, 0.4) is 0 Å². The average molecular weight is 309 g/mol. The number of Topliss-reactive ketones (excluding diaryl/α,β-unsaturated/α-hetero) is 1. The van der Waals surface area contributed by atoms with Gasteiger partial charge >= 0.3 is 0 Å². The first-order valence-corrected chi connectivity index (χ1v) is 6.89. The Labute approximate surface area is 131 Å². The highest BCUT2D eigenvalue weighted by Crippen LogP contribution is 2.28. The fraction of sp³-hybridized carbons (Fsp3) is 0.118. The van der Waals surface area contributed by atoms with Crippen molar-refractivity contribution >= 4 is 16.7 Å². The average Bonchev–Trinajstić information content (AvgIpc) is 2.90. The Morgan fingerprint density at radius 2 is 2.17 bits per heavy atom. The molecule has 0 N–H and O–H groups in total. The van der Waals surface area contributed by atoms with Gasteiger partial charge in [0, 0.05) is 5.39 Å². The zero-order chi connectivity index (χ0) is 16.4. The minimum absolute atomic E-state index is 0.0142. The second-order valence-electron chi connectivity index (χ2n) is 5.08. The first-order chi connectivity index (χ1) is 11.1. The molecular weight excluding hydrogens is 297 g/mol. The van der Waals surface area contributed by atoms with Gasteiger partial charge in [-0.2, -0.15) is 10.4 Å². The molecule has 23 heavy (non-hydrogen) atoms. The van der Waals surface area contributed by atoms with Crippen LogP contribution in [0.1, 0.15) is 12.5 Å². The summed E-state index contributed by atoms with van der Waals surface area (Å²) in [4.78, 5) is 11.2. The number of carbonyl (C=O) groups is 1. The van der Waals surface area contributed by atoms with Crippen LogP contribution in [-0.4, -0.2) is 15.6 Å². The van der Waals surface area contributed by atoms with E-state index in [-0.39, 0.29) is 23.6 Å². The number of ether oxygens (including phenoxy) is 1. The van der Waals surface area contributed by atoms with Crippen LogP contribution in [0, 0.1) is 17.1 Å². The van der Waals surface area contributed by atoms with Gasteiger partial charge < -0.3 is 4.74 Å². The van der Waals surface area contributed by atoms with E-state index in [1.165, 1.54) is 19.1 Å². The molecule has 0 amide bonds. The normalized spacial score (nSPS) is 10.5. The maximum Gasteiger partial charge on any atom is 0.151 e. The van der Waals surface area contributed by atoms with E-state index in [0.717, 1.165) is 17.0 Å². The maximum absolute atomic E-state index is 13.1. The lowest BCUT2D eigenvalue weighted by Gasteiger charge is -2.08. The highest BCUT2D eigenvalue weighted by molar-refractivity contribution is 5.83. The number of ketones is 1. The van der Waals surface area contributed by atoms with Crippen LogP contribution in [0.25, 0.3) is 10.9 Å². The first kappa shape index (κ1) is 14.7. The van der Waals surface area contributed by atoms with Crippen LogP contribution in [0.4, 0.5) is 4.39 Å². The highest BCUT2D eigenvalue weighted by atomic mass is 19.1. The molecule has 3 aromatic rings. The van der Waals surface area contributed by atoms with Gasteiger partial charge in [-0.1, -0.05) is 0 Å². The highest BCUT2D eigenvalue weighted by Gasteiger charge is 2.09. The molecule has 0 aliphatic heterocycles. The van der Waals surface area contributed by atoms with Crippen LogP contribution in [-0.2, 0) is 11.3 Å². The molecule has 0 bridgehead atoms. The molecule has 5 nitrogen and oxygen atoms in total. The number of hydrogen-bond donors (Lipinski definition) is 0. The number of fused-ring (bicyclic) bond motifs is 1. The lowest BCUT2D eigenvalue weighted by molar-refractivity contribution is -0.117. The molecule has 6 heteroatoms. The molecule has 0 spiro atoms. The Morgan fingerprint density at radius 3 is 2.91 bits per heavy atom. The Balaban J connectivity index is 1.93. The van der Waals surface area contributed by atoms with Crippen molar-refractivity contribution in [1.82, 2.24) is 9.78 Å². The van der Waals surface area contributed by atoms with Gasteiger partial charge in [-0.05, 0) is 43.3 Å². The molecule has 2 aromatic carbocycles. The standard InChI is InChI=1S/C17H12FN3O2/c1-11(22)10-21-16-4-3-15(7-13(16)9-20-21)23-17-5-2-14(18)6-12(17)8-19/h2-7,9H,10H2,1H3. The molecule has 0 atom stereocenters. The minimum atomic E-state index is -0.491. The van der Waals surface area contributed by atoms with Gasteiger partial charge in [-0.3, -0.25) is 9.48 Å². The predicted octanol–water partition coefficient (Wildman–Crippen LogP) is 3.43. The molecule has 3 rings (SSSR count). The van der Waals surface area contributed by atoms with E-state index in [1.807, 2.05) is 6.07 Å². The summed E-state index contributed by atoms with van der Waals surface area (Å²) in [7, 11) is 0. The van der Waals surface area contributed by atoms with Crippen LogP contribution >= 0.6 is 0 Å². The number of hydrogen-bond acceptors (Lipinski definition) is 4. The summed E-state index contributed by atoms with van der Waals surface area (Å²) in [6, 6.07) is 10.9. The molecule has 0 aliphatic carbocycles. The topological polar surface area (TPSA) is 67.9 Å². The molecule has 0 saturated heterocycles. The smallest absolute Gasteiger partial charge is 0.151 e. The van der Waals surface area contributed by atoms with E-state index in [4.69, 9.17) is 10.00 Å². The second kappa shape index (κ2) is 5.89. The van der Waals surface area contributed by atoms with Gasteiger partial charge in [0.25, 0.3) is 0 Å². The molecule has 0 unspecified atom stereocenters. The molecule has 0 fully saturated rings. The van der Waals surface area contributed by atoms with E-state index < -0.39 is 5.82 Å². The first-order valence-electron chi connectivity index (χ1n) is 6.89. The minimum Gasteiger partial charge on any atom is -0.456 e. The van der Waals surface area contributed by atoms with Gasteiger partial charge in [0.05, 0.1) is 23.8 Å². The molecular formula is C17H12FN3O2. The Kier molecular flexibility index (Phi) is 3.77. The second-order valence-corrected chi connectivity index (χ2v) is 5.08. The maximum atomic E-state index is 13.1. The number of rotatable bonds is 4. The van der Waals surface area contributed by atoms with Gasteiger partial charge in [0.1, 0.15) is 23.4 Å². The van der Waals surface area contributed by atoms with E-state index in [9.17, 15) is 9.18 Å². The Bertz CT molecular complexity index is 941. The van der Waals surface area contributed by atoms with Crippen molar-refractivity contribution < 1.29 is 13.9 Å². The molecule has 0 radical (unpaired) electrons. The van der Waals surface area contributed by atoms with Crippen molar-refractivity contribution in [2.75, 3.05) is 0 Å². The summed E-state index contributed by atoms with van der Waals surface area (Å²) >= 11 is 0. The van der Waals surface area contributed by atoms with Gasteiger partial charge in [0.15, 0.2) is 5.78 Å². The van der Waals surface area contributed by atoms with Crippen LogP contribution in [0.2, 0.25) is 0 Å². The third-order valence-electron chi connectivity index (χ3n) is 3.28. The number of nitriles is 1. The van der Waals surface area contributed by atoms with Crippen LogP contribution in [0.15, 0.2) is 42.6 Å². The SMILES string of the molecule is CC(=O)Cn1ncc2cc(Oc3ccc(F)cc3C#N)ccc21. The lowest BCUT2D eigenvalue weighted by Crippen LogP contribution is -2.07. The zero-order valence-corrected chi connectivity index (χ0v) is 12.3. The molecule has 114 valence electrons. The number of nitrogens with zero attached hydrogens (tertiary/aromatic N) is 3. The van der Waals surface area contributed by atoms with Crippen molar-refractivity contribution in [3.8, 4) is 17.6 Å². The van der Waals surface area contributed by atoms with Crippen LogP contribution in [0.5, 0.6) is 11.5 Å². The summed E-state index contributed by atoms with van der Waals surface area (Å²) in [5.74, 6) is 0.308. The van der Waals surface area contributed by atoms with Crippen molar-refractivity contribution in [3.05, 3.63) is 54.0 Å². The molecule has 0 saturated carbocycles. The molecule has 0 aliphatic rings. The predicted molar refractivity (Wildman–Crippen MR) is 81.6 cm³/mol. The Morgan fingerprint density at radius 1 is 1.35 bits per heavy atom. The monoisotopic (exact) mass is 309 g/mol. The van der Waals surface area contributed by atoms with E-state index in [1.54, 1.807) is 29.1 Å². The van der Waals surface area contributed by atoms with Gasteiger partial charge in [-0.25, -0.2) is 4.39 Å². The number of benzene rings is 2. The number of carbonyl (C=O) groups excluding carboxylic acids is 1. The fourth-order valence-corrected chi connectivity index (χ4v) is 2.27. The zero-order valence-electron chi connectivity index (χ0n) is 12.3. The summed E-state index contributed by atoms with van der Waals surface area (Å²) in [5.41, 5.74) is 0.935. The fourth-order valence-electron chi connectivity index (χ4n) is 2.27. The van der Waals surface area contributed by atoms with E-state index >= 15 is 0 Å². The summed E-state index contributed by atoms with van der Waals surface area (Å²) in [6.45, 7) is 1.71. The largest absolute Gasteiger partial charge is 0.456 e. The summed E-state index contributed by atoms with van der Waals surface area (Å²) < 4.78 is 20.4. The van der Waals surface area contributed by atoms with E-state index in [0.29, 0.717) is 5.75 Å². The van der Waals surface area contributed by atoms with Crippen molar-refractivity contribution in [1.29, 1.82) is 5.26 Å². The third-order valence-corrected chi connectivity index (χ3v) is 3.28. The molecule has 1 aromatic heterocycles. The summed E-state index contributed by atoms with van der Waals surface area (Å²) in [6.07, 6.45) is 1.64. The number of halogens is 1. The Hall–Kier alpha value is -3.20. The van der Waals surface area contributed by atoms with Gasteiger partial charge in [-0.15, -0.1) is 0 Å². The van der Waals surface area contributed by atoms with E-state index in [2.05, 4.69) is 5.10 Å². The van der Waals surface area contributed by atoms with Crippen LogP contribution < -0.4 is 4.74 Å². The lowest BCUT2D eigenvalue weighted by atomic mass is 10.2. The van der Waals surface area contributed by atoms with Crippen molar-refractivity contribution in [2.24, 2.45) is 0 Å². The van der Waals surface area contributed by atoms with Gasteiger partial charge in [0.2, 0.25) is 0 Å². The number of aromatic nitrogens is 2. The summed E-state index contributed by atoms with van der Waals surface area (Å²) in [5, 5.41) is 14.0. The van der Waals surface area contributed by atoms with Crippen molar-refractivity contribution in [2.45, 2.75) is 13.5 Å². The molecule has 1 heterocycles. The quantitative estimate of drug-likeness (QED) is 0.740. The van der Waals surface area contributed by atoms with Crippen molar-refractivity contribution in [3.63, 3.8) is 0 Å². The third kappa shape index (κ3) is 3.04.